The number of hydrogen-bond donors (Lipinski definition) is 3. The SMILES string of the molecule is CCNC(C)c1ccccc1NS(=O)(=O)NCC(C)C. The van der Waals surface area contributed by atoms with Gasteiger partial charge in [0.25, 0.3) is 10.2 Å². The zero-order valence-electron chi connectivity index (χ0n) is 12.6. The number of anilines is 1. The standard InChI is InChI=1S/C14H25N3O2S/c1-5-15-12(4)13-8-6-7-9-14(13)17-20(18,19)16-10-11(2)3/h6-9,11-12,15-17H,5,10H2,1-4H3. The molecule has 0 saturated carbocycles. The van der Waals surface area contributed by atoms with Gasteiger partial charge in [-0.3, -0.25) is 4.72 Å². The first kappa shape index (κ1) is 16.9. The van der Waals surface area contributed by atoms with Crippen LogP contribution in [-0.4, -0.2) is 21.5 Å². The summed E-state index contributed by atoms with van der Waals surface area (Å²) < 4.78 is 29.1. The van der Waals surface area contributed by atoms with Crippen molar-refractivity contribution in [1.29, 1.82) is 0 Å². The van der Waals surface area contributed by atoms with Crippen LogP contribution in [-0.2, 0) is 10.2 Å². The molecule has 6 heteroatoms. The van der Waals surface area contributed by atoms with Crippen LogP contribution in [0.1, 0.15) is 39.3 Å². The summed E-state index contributed by atoms with van der Waals surface area (Å²) in [6.45, 7) is 9.20. The monoisotopic (exact) mass is 299 g/mol. The highest BCUT2D eigenvalue weighted by atomic mass is 32.2. The molecule has 0 bridgehead atoms. The first-order valence-electron chi connectivity index (χ1n) is 6.95. The van der Waals surface area contributed by atoms with E-state index >= 15 is 0 Å². The zero-order valence-corrected chi connectivity index (χ0v) is 13.4. The molecule has 0 aromatic heterocycles. The van der Waals surface area contributed by atoms with Gasteiger partial charge in [-0.05, 0) is 31.0 Å². The van der Waals surface area contributed by atoms with Crippen LogP contribution in [0.15, 0.2) is 24.3 Å². The Bertz CT molecular complexity index is 515. The summed E-state index contributed by atoms with van der Waals surface area (Å²) >= 11 is 0. The Balaban J connectivity index is 2.86. The Morgan fingerprint density at radius 2 is 1.80 bits per heavy atom. The minimum atomic E-state index is -3.53. The van der Waals surface area contributed by atoms with E-state index in [0.717, 1.165) is 12.1 Å². The van der Waals surface area contributed by atoms with Crippen molar-refractivity contribution in [1.82, 2.24) is 10.0 Å². The molecule has 3 N–H and O–H groups in total. The molecule has 0 aliphatic carbocycles. The van der Waals surface area contributed by atoms with Crippen LogP contribution in [0.5, 0.6) is 0 Å². The van der Waals surface area contributed by atoms with Crippen LogP contribution in [0.3, 0.4) is 0 Å². The Morgan fingerprint density at radius 3 is 2.40 bits per heavy atom. The average molecular weight is 299 g/mol. The van der Waals surface area contributed by atoms with Gasteiger partial charge in [-0.25, -0.2) is 0 Å². The number of hydrogen-bond acceptors (Lipinski definition) is 3. The third-order valence-corrected chi connectivity index (χ3v) is 3.90. The van der Waals surface area contributed by atoms with Crippen molar-refractivity contribution < 1.29 is 8.42 Å². The van der Waals surface area contributed by atoms with Crippen LogP contribution < -0.4 is 14.8 Å². The van der Waals surface area contributed by atoms with Crippen molar-refractivity contribution in [3.05, 3.63) is 29.8 Å². The van der Waals surface area contributed by atoms with E-state index in [1.54, 1.807) is 6.07 Å². The molecule has 114 valence electrons. The summed E-state index contributed by atoms with van der Waals surface area (Å²) in [6.07, 6.45) is 0. The predicted octanol–water partition coefficient (Wildman–Crippen LogP) is 2.26. The Kier molecular flexibility index (Phi) is 6.45. The predicted molar refractivity (Wildman–Crippen MR) is 83.9 cm³/mol. The topological polar surface area (TPSA) is 70.2 Å². The van der Waals surface area contributed by atoms with Gasteiger partial charge in [-0.1, -0.05) is 39.0 Å². The lowest BCUT2D eigenvalue weighted by atomic mass is 10.1. The van der Waals surface area contributed by atoms with Crippen molar-refractivity contribution in [2.24, 2.45) is 5.92 Å². The van der Waals surface area contributed by atoms with E-state index < -0.39 is 10.2 Å². The van der Waals surface area contributed by atoms with E-state index in [4.69, 9.17) is 0 Å². The van der Waals surface area contributed by atoms with E-state index in [9.17, 15) is 8.42 Å². The third-order valence-electron chi connectivity index (χ3n) is 2.86. The van der Waals surface area contributed by atoms with Gasteiger partial charge in [0.2, 0.25) is 0 Å². The Hall–Kier alpha value is -1.11. The smallest absolute Gasteiger partial charge is 0.299 e. The molecule has 0 fully saturated rings. The fourth-order valence-corrected chi connectivity index (χ4v) is 2.94. The summed E-state index contributed by atoms with van der Waals surface area (Å²) in [5, 5.41) is 3.28. The molecule has 1 rings (SSSR count). The molecule has 0 heterocycles. The van der Waals surface area contributed by atoms with E-state index in [0.29, 0.717) is 12.2 Å². The largest absolute Gasteiger partial charge is 0.310 e. The fraction of sp³-hybridized carbons (Fsp3) is 0.571. The molecule has 1 unspecified atom stereocenters. The van der Waals surface area contributed by atoms with Crippen LogP contribution in [0.25, 0.3) is 0 Å². The maximum absolute atomic E-state index is 12.0. The van der Waals surface area contributed by atoms with Gasteiger partial charge in [0, 0.05) is 12.6 Å². The fourth-order valence-electron chi connectivity index (χ4n) is 1.84. The highest BCUT2D eigenvalue weighted by Crippen LogP contribution is 2.23. The van der Waals surface area contributed by atoms with Crippen molar-refractivity contribution in [2.75, 3.05) is 17.8 Å². The number of nitrogens with one attached hydrogen (secondary N) is 3. The molecule has 0 aliphatic heterocycles. The van der Waals surface area contributed by atoms with Gasteiger partial charge in [0.1, 0.15) is 0 Å². The zero-order chi connectivity index (χ0) is 15.2. The van der Waals surface area contributed by atoms with Gasteiger partial charge in [-0.15, -0.1) is 0 Å². The van der Waals surface area contributed by atoms with Crippen molar-refractivity contribution in [3.8, 4) is 0 Å². The maximum Gasteiger partial charge on any atom is 0.299 e. The second-order valence-corrected chi connectivity index (χ2v) is 6.71. The van der Waals surface area contributed by atoms with Crippen LogP contribution in [0.2, 0.25) is 0 Å². The summed E-state index contributed by atoms with van der Waals surface area (Å²) in [5.74, 6) is 0.266. The van der Waals surface area contributed by atoms with Crippen LogP contribution in [0, 0.1) is 5.92 Å². The lowest BCUT2D eigenvalue weighted by Gasteiger charge is -2.18. The van der Waals surface area contributed by atoms with E-state index in [1.165, 1.54) is 0 Å². The lowest BCUT2D eigenvalue weighted by Crippen LogP contribution is -2.33. The molecule has 1 atom stereocenters. The van der Waals surface area contributed by atoms with Crippen molar-refractivity contribution >= 4 is 15.9 Å². The number of benzene rings is 1. The third kappa shape index (κ3) is 5.48. The summed E-state index contributed by atoms with van der Waals surface area (Å²) in [6, 6.07) is 7.51. The number of para-hydroxylation sites is 1. The highest BCUT2D eigenvalue weighted by molar-refractivity contribution is 7.90. The molecule has 1 aromatic carbocycles. The Morgan fingerprint density at radius 1 is 1.15 bits per heavy atom. The number of rotatable bonds is 8. The minimum absolute atomic E-state index is 0.0870. The van der Waals surface area contributed by atoms with E-state index in [-0.39, 0.29) is 12.0 Å². The first-order valence-corrected chi connectivity index (χ1v) is 8.43. The van der Waals surface area contributed by atoms with Crippen LogP contribution in [0.4, 0.5) is 5.69 Å². The van der Waals surface area contributed by atoms with E-state index in [2.05, 4.69) is 14.8 Å². The van der Waals surface area contributed by atoms with Crippen molar-refractivity contribution in [3.63, 3.8) is 0 Å². The van der Waals surface area contributed by atoms with Crippen molar-refractivity contribution in [2.45, 2.75) is 33.7 Å². The van der Waals surface area contributed by atoms with Gasteiger partial charge in [-0.2, -0.15) is 13.1 Å². The van der Waals surface area contributed by atoms with Gasteiger partial charge in [0.05, 0.1) is 5.69 Å². The summed E-state index contributed by atoms with van der Waals surface area (Å²) in [5.41, 5.74) is 1.54. The second-order valence-electron chi connectivity index (χ2n) is 5.21. The average Bonchev–Trinajstić information content (AvgIpc) is 2.37. The molecule has 20 heavy (non-hydrogen) atoms. The summed E-state index contributed by atoms with van der Waals surface area (Å²) in [7, 11) is -3.53. The molecule has 0 spiro atoms. The molecule has 1 aromatic rings. The Labute approximate surface area is 122 Å². The van der Waals surface area contributed by atoms with Gasteiger partial charge >= 0.3 is 0 Å². The highest BCUT2D eigenvalue weighted by Gasteiger charge is 2.15. The molecule has 0 aliphatic rings. The summed E-state index contributed by atoms with van der Waals surface area (Å²) in [4.78, 5) is 0. The quantitative estimate of drug-likeness (QED) is 0.689. The lowest BCUT2D eigenvalue weighted by molar-refractivity contribution is 0.564. The molecular formula is C14H25N3O2S. The van der Waals surface area contributed by atoms with Gasteiger partial charge < -0.3 is 5.32 Å². The first-order chi connectivity index (χ1) is 9.35. The molecule has 0 radical (unpaired) electrons. The molecule has 0 saturated heterocycles. The normalized spacial score (nSPS) is 13.4. The van der Waals surface area contributed by atoms with Gasteiger partial charge in [0.15, 0.2) is 0 Å². The minimum Gasteiger partial charge on any atom is -0.310 e. The van der Waals surface area contributed by atoms with Crippen LogP contribution >= 0.6 is 0 Å². The molecular weight excluding hydrogens is 274 g/mol. The second kappa shape index (κ2) is 7.61. The maximum atomic E-state index is 12.0. The molecule has 5 nitrogen and oxygen atoms in total. The molecule has 0 amide bonds. The van der Waals surface area contributed by atoms with E-state index in [1.807, 2.05) is 45.9 Å².